The van der Waals surface area contributed by atoms with E-state index in [1.165, 1.54) is 16.7 Å². The molecule has 0 aliphatic heterocycles. The molecule has 0 fully saturated rings. The van der Waals surface area contributed by atoms with Gasteiger partial charge >= 0.3 is 0 Å². The number of ether oxygens (including phenoxy) is 1. The Morgan fingerprint density at radius 2 is 1.95 bits per heavy atom. The summed E-state index contributed by atoms with van der Waals surface area (Å²) < 4.78 is 5.31. The molecule has 2 aromatic rings. The Morgan fingerprint density at radius 1 is 1.11 bits per heavy atom. The second-order valence-electron chi connectivity index (χ2n) is 4.59. The van der Waals surface area contributed by atoms with E-state index in [2.05, 4.69) is 42.3 Å². The first kappa shape index (κ1) is 13.4. The number of rotatable bonds is 5. The largest absolute Gasteiger partial charge is 0.478 e. The van der Waals surface area contributed by atoms with Crippen LogP contribution in [0.5, 0.6) is 5.88 Å². The zero-order chi connectivity index (χ0) is 13.7. The molecule has 100 valence electrons. The molecule has 0 radical (unpaired) electrons. The van der Waals surface area contributed by atoms with Crippen molar-refractivity contribution in [3.63, 3.8) is 0 Å². The van der Waals surface area contributed by atoms with Crippen molar-refractivity contribution >= 4 is 5.69 Å². The Kier molecular flexibility index (Phi) is 4.39. The van der Waals surface area contributed by atoms with Crippen LogP contribution in [0.4, 0.5) is 5.69 Å². The lowest BCUT2D eigenvalue weighted by atomic mass is 10.1. The summed E-state index contributed by atoms with van der Waals surface area (Å²) in [5.41, 5.74) is 4.93. The van der Waals surface area contributed by atoms with Crippen LogP contribution in [0, 0.1) is 13.8 Å². The molecule has 2 rings (SSSR count). The van der Waals surface area contributed by atoms with Gasteiger partial charge < -0.3 is 10.1 Å². The van der Waals surface area contributed by atoms with E-state index < -0.39 is 0 Å². The second kappa shape index (κ2) is 6.23. The fraction of sp³-hybridized carbons (Fsp3) is 0.312. The smallest absolute Gasteiger partial charge is 0.213 e. The van der Waals surface area contributed by atoms with E-state index in [-0.39, 0.29) is 0 Å². The minimum absolute atomic E-state index is 0.641. The maximum Gasteiger partial charge on any atom is 0.213 e. The Bertz CT molecular complexity index is 535. The molecule has 3 nitrogen and oxygen atoms in total. The average Bonchev–Trinajstić information content (AvgIpc) is 2.42. The van der Waals surface area contributed by atoms with Crippen molar-refractivity contribution in [2.24, 2.45) is 0 Å². The van der Waals surface area contributed by atoms with E-state index in [0.717, 1.165) is 12.2 Å². The molecule has 0 spiro atoms. The van der Waals surface area contributed by atoms with E-state index >= 15 is 0 Å². The quantitative estimate of drug-likeness (QED) is 0.885. The van der Waals surface area contributed by atoms with Crippen LogP contribution in [0.2, 0.25) is 0 Å². The Morgan fingerprint density at radius 3 is 2.58 bits per heavy atom. The maximum absolute atomic E-state index is 5.31. The summed E-state index contributed by atoms with van der Waals surface area (Å²) in [6.45, 7) is 7.66. The lowest BCUT2D eigenvalue weighted by Crippen LogP contribution is -2.01. The van der Waals surface area contributed by atoms with Gasteiger partial charge in [0.05, 0.1) is 18.5 Å². The van der Waals surface area contributed by atoms with E-state index in [4.69, 9.17) is 4.74 Å². The van der Waals surface area contributed by atoms with E-state index in [0.29, 0.717) is 12.5 Å². The van der Waals surface area contributed by atoms with E-state index in [1.54, 1.807) is 6.20 Å². The summed E-state index contributed by atoms with van der Waals surface area (Å²) in [5.74, 6) is 0.666. The van der Waals surface area contributed by atoms with Gasteiger partial charge in [0.1, 0.15) is 0 Å². The monoisotopic (exact) mass is 256 g/mol. The topological polar surface area (TPSA) is 34.1 Å². The normalized spacial score (nSPS) is 10.3. The van der Waals surface area contributed by atoms with Crippen molar-refractivity contribution in [2.75, 3.05) is 11.9 Å². The van der Waals surface area contributed by atoms with Gasteiger partial charge in [-0.2, -0.15) is 0 Å². The molecule has 1 aromatic carbocycles. The Hall–Kier alpha value is -2.03. The van der Waals surface area contributed by atoms with Crippen LogP contribution in [0.15, 0.2) is 36.5 Å². The van der Waals surface area contributed by atoms with Gasteiger partial charge in [-0.3, -0.25) is 0 Å². The molecule has 0 aliphatic rings. The van der Waals surface area contributed by atoms with Crippen LogP contribution in [0.3, 0.4) is 0 Å². The van der Waals surface area contributed by atoms with Gasteiger partial charge in [-0.1, -0.05) is 18.2 Å². The van der Waals surface area contributed by atoms with E-state index in [1.807, 2.05) is 19.1 Å². The number of benzene rings is 1. The van der Waals surface area contributed by atoms with Crippen LogP contribution in [0.25, 0.3) is 0 Å². The van der Waals surface area contributed by atoms with Crippen LogP contribution in [-0.4, -0.2) is 11.6 Å². The first-order valence-corrected chi connectivity index (χ1v) is 6.58. The van der Waals surface area contributed by atoms with Gasteiger partial charge in [-0.25, -0.2) is 4.98 Å². The standard InChI is InChI=1S/C16H20N2O/c1-4-19-16-8-7-15(11-18-16)17-10-14-6-5-12(2)13(3)9-14/h5-9,11,17H,4,10H2,1-3H3. The van der Waals surface area contributed by atoms with Crippen LogP contribution in [-0.2, 0) is 6.54 Å². The second-order valence-corrected chi connectivity index (χ2v) is 4.59. The minimum atomic E-state index is 0.641. The molecule has 0 saturated carbocycles. The molecular weight excluding hydrogens is 236 g/mol. The SMILES string of the molecule is CCOc1ccc(NCc2ccc(C)c(C)c2)cn1. The number of aryl methyl sites for hydroxylation is 2. The molecular formula is C16H20N2O. The van der Waals surface area contributed by atoms with Crippen molar-refractivity contribution in [1.29, 1.82) is 0 Å². The number of nitrogens with one attached hydrogen (secondary N) is 1. The van der Waals surface area contributed by atoms with Crippen molar-refractivity contribution in [3.8, 4) is 5.88 Å². The number of pyridine rings is 1. The van der Waals surface area contributed by atoms with Crippen LogP contribution < -0.4 is 10.1 Å². The van der Waals surface area contributed by atoms with Gasteiger partial charge in [-0.15, -0.1) is 0 Å². The Labute approximate surface area is 114 Å². The summed E-state index contributed by atoms with van der Waals surface area (Å²) in [7, 11) is 0. The van der Waals surface area contributed by atoms with Gasteiger partial charge in [0.15, 0.2) is 0 Å². The molecule has 1 N–H and O–H groups in total. The minimum Gasteiger partial charge on any atom is -0.478 e. The lowest BCUT2D eigenvalue weighted by Gasteiger charge is -2.09. The van der Waals surface area contributed by atoms with Gasteiger partial charge in [0.25, 0.3) is 0 Å². The predicted molar refractivity (Wildman–Crippen MR) is 78.6 cm³/mol. The first-order valence-electron chi connectivity index (χ1n) is 6.58. The summed E-state index contributed by atoms with van der Waals surface area (Å²) in [6.07, 6.45) is 1.80. The van der Waals surface area contributed by atoms with Crippen molar-refractivity contribution in [1.82, 2.24) is 4.98 Å². The highest BCUT2D eigenvalue weighted by Gasteiger charge is 1.98. The van der Waals surface area contributed by atoms with E-state index in [9.17, 15) is 0 Å². The molecule has 0 bridgehead atoms. The third-order valence-electron chi connectivity index (χ3n) is 3.10. The average molecular weight is 256 g/mol. The molecule has 19 heavy (non-hydrogen) atoms. The van der Waals surface area contributed by atoms with Crippen LogP contribution >= 0.6 is 0 Å². The van der Waals surface area contributed by atoms with Crippen molar-refractivity contribution in [2.45, 2.75) is 27.3 Å². The number of hydrogen-bond donors (Lipinski definition) is 1. The van der Waals surface area contributed by atoms with Crippen LogP contribution in [0.1, 0.15) is 23.6 Å². The molecule has 1 heterocycles. The van der Waals surface area contributed by atoms with Gasteiger partial charge in [0, 0.05) is 12.6 Å². The molecule has 0 atom stereocenters. The fourth-order valence-electron chi connectivity index (χ4n) is 1.84. The third kappa shape index (κ3) is 3.71. The lowest BCUT2D eigenvalue weighted by molar-refractivity contribution is 0.327. The number of hydrogen-bond acceptors (Lipinski definition) is 3. The number of aromatic nitrogens is 1. The highest BCUT2D eigenvalue weighted by Crippen LogP contribution is 2.14. The van der Waals surface area contributed by atoms with Gasteiger partial charge in [0.2, 0.25) is 5.88 Å². The predicted octanol–water partition coefficient (Wildman–Crippen LogP) is 3.71. The zero-order valence-electron chi connectivity index (χ0n) is 11.7. The zero-order valence-corrected chi connectivity index (χ0v) is 11.7. The summed E-state index contributed by atoms with van der Waals surface area (Å²) in [6, 6.07) is 10.4. The molecule has 3 heteroatoms. The van der Waals surface area contributed by atoms with Crippen molar-refractivity contribution in [3.05, 3.63) is 53.2 Å². The summed E-state index contributed by atoms with van der Waals surface area (Å²) >= 11 is 0. The number of nitrogens with zero attached hydrogens (tertiary/aromatic N) is 1. The molecule has 0 unspecified atom stereocenters. The van der Waals surface area contributed by atoms with Gasteiger partial charge in [-0.05, 0) is 43.5 Å². The summed E-state index contributed by atoms with van der Waals surface area (Å²) in [5, 5.41) is 3.36. The maximum atomic E-state index is 5.31. The molecule has 0 saturated heterocycles. The Balaban J connectivity index is 1.96. The third-order valence-corrected chi connectivity index (χ3v) is 3.10. The number of anilines is 1. The fourth-order valence-corrected chi connectivity index (χ4v) is 1.84. The molecule has 0 amide bonds. The summed E-state index contributed by atoms with van der Waals surface area (Å²) in [4.78, 5) is 4.23. The first-order chi connectivity index (χ1) is 9.19. The molecule has 1 aromatic heterocycles. The highest BCUT2D eigenvalue weighted by molar-refractivity contribution is 5.43. The molecule has 0 aliphatic carbocycles. The highest BCUT2D eigenvalue weighted by atomic mass is 16.5. The van der Waals surface area contributed by atoms with Crippen molar-refractivity contribution < 1.29 is 4.74 Å².